The molecule has 9 nitrogen and oxygen atoms in total. The van der Waals surface area contributed by atoms with E-state index in [-0.39, 0.29) is 35.8 Å². The summed E-state index contributed by atoms with van der Waals surface area (Å²) in [5.74, 6) is -0.996. The smallest absolute Gasteiger partial charge is 0.256 e. The number of anilines is 1. The van der Waals surface area contributed by atoms with Crippen molar-refractivity contribution >= 4 is 38.2 Å². The summed E-state index contributed by atoms with van der Waals surface area (Å²) in [6.45, 7) is 5.75. The fraction of sp³-hybridized carbons (Fsp3) is 0.455. The number of primary amides is 1. The molecule has 0 aliphatic carbocycles. The number of ether oxygens (including phenoxy) is 1. The standard InChI is InChI=1S/C22H28N4O5S2/c1-13-10-26(11-14(2)31-13)33(29,30)16-6-4-15(5-7-16)21(28)24-22-19(20(23)27)17-8-9-25(3)12-18(17)32-22/h4-7,13-14H,8-12H2,1-3H3,(H2,23,27)(H,24,28)/t13-,14-/m1/s1. The third kappa shape index (κ3) is 4.82. The van der Waals surface area contributed by atoms with Gasteiger partial charge in [-0.3, -0.25) is 9.59 Å². The van der Waals surface area contributed by atoms with Gasteiger partial charge in [-0.1, -0.05) is 0 Å². The van der Waals surface area contributed by atoms with Crippen LogP contribution >= 0.6 is 11.3 Å². The van der Waals surface area contributed by atoms with Crippen molar-refractivity contribution in [3.05, 3.63) is 45.8 Å². The average molecular weight is 493 g/mol. The number of hydrogen-bond donors (Lipinski definition) is 2. The number of benzene rings is 1. The Morgan fingerprint density at radius 3 is 2.39 bits per heavy atom. The zero-order chi connectivity index (χ0) is 23.9. The minimum atomic E-state index is -3.70. The molecular weight excluding hydrogens is 464 g/mol. The molecule has 3 N–H and O–H groups in total. The normalized spacial score (nSPS) is 22.0. The summed E-state index contributed by atoms with van der Waals surface area (Å²) in [5.41, 5.74) is 7.17. The van der Waals surface area contributed by atoms with Crippen LogP contribution in [0.15, 0.2) is 29.2 Å². The SMILES string of the molecule is C[C@@H]1CN(S(=O)(=O)c2ccc(C(=O)Nc3sc4c(c3C(N)=O)CCN(C)C4)cc2)C[C@@H](C)O1. The number of morpholine rings is 1. The van der Waals surface area contributed by atoms with Crippen molar-refractivity contribution < 1.29 is 22.7 Å². The number of rotatable bonds is 5. The van der Waals surface area contributed by atoms with E-state index in [0.29, 0.717) is 23.5 Å². The van der Waals surface area contributed by atoms with Gasteiger partial charge in [0.25, 0.3) is 11.8 Å². The Morgan fingerprint density at radius 2 is 1.79 bits per heavy atom. The first-order valence-electron chi connectivity index (χ1n) is 10.8. The third-order valence-corrected chi connectivity index (χ3v) is 8.84. The van der Waals surface area contributed by atoms with E-state index in [1.165, 1.54) is 39.9 Å². The van der Waals surface area contributed by atoms with Gasteiger partial charge in [-0.25, -0.2) is 8.42 Å². The van der Waals surface area contributed by atoms with Crippen LogP contribution in [0, 0.1) is 0 Å². The number of carbonyl (C=O) groups is 2. The van der Waals surface area contributed by atoms with Crippen LogP contribution in [0.1, 0.15) is 45.0 Å². The molecule has 2 atom stereocenters. The van der Waals surface area contributed by atoms with Gasteiger partial charge < -0.3 is 20.7 Å². The summed E-state index contributed by atoms with van der Waals surface area (Å²) < 4.78 is 33.1. The van der Waals surface area contributed by atoms with Gasteiger partial charge in [0, 0.05) is 36.6 Å². The second kappa shape index (κ2) is 9.15. The molecule has 0 radical (unpaired) electrons. The first-order valence-corrected chi connectivity index (χ1v) is 13.0. The highest BCUT2D eigenvalue weighted by Crippen LogP contribution is 2.37. The van der Waals surface area contributed by atoms with E-state index in [2.05, 4.69) is 10.2 Å². The Morgan fingerprint density at radius 1 is 1.15 bits per heavy atom. The maximum Gasteiger partial charge on any atom is 0.256 e. The van der Waals surface area contributed by atoms with E-state index in [1.807, 2.05) is 20.9 Å². The summed E-state index contributed by atoms with van der Waals surface area (Å²) in [7, 11) is -1.70. The molecule has 4 rings (SSSR count). The number of nitrogens with zero attached hydrogens (tertiary/aromatic N) is 2. The van der Waals surface area contributed by atoms with E-state index < -0.39 is 21.8 Å². The van der Waals surface area contributed by atoms with Crippen LogP contribution in [-0.2, 0) is 27.7 Å². The molecule has 33 heavy (non-hydrogen) atoms. The number of nitrogens with one attached hydrogen (secondary N) is 1. The van der Waals surface area contributed by atoms with Gasteiger partial charge in [-0.05, 0) is 57.1 Å². The van der Waals surface area contributed by atoms with Crippen LogP contribution in [0.5, 0.6) is 0 Å². The van der Waals surface area contributed by atoms with Crippen molar-refractivity contribution in [1.29, 1.82) is 0 Å². The predicted octanol–water partition coefficient (Wildman–Crippen LogP) is 1.89. The largest absolute Gasteiger partial charge is 0.373 e. The van der Waals surface area contributed by atoms with Gasteiger partial charge in [-0.2, -0.15) is 4.31 Å². The van der Waals surface area contributed by atoms with Crippen molar-refractivity contribution in [1.82, 2.24) is 9.21 Å². The van der Waals surface area contributed by atoms with Crippen LogP contribution in [0.25, 0.3) is 0 Å². The summed E-state index contributed by atoms with van der Waals surface area (Å²) in [6, 6.07) is 5.80. The molecule has 178 valence electrons. The molecule has 2 aliphatic rings. The second-order valence-corrected chi connectivity index (χ2v) is 11.7. The number of amides is 2. The van der Waals surface area contributed by atoms with E-state index in [9.17, 15) is 18.0 Å². The molecule has 1 aromatic heterocycles. The Labute approximate surface area is 197 Å². The zero-order valence-corrected chi connectivity index (χ0v) is 20.5. The monoisotopic (exact) mass is 492 g/mol. The van der Waals surface area contributed by atoms with E-state index in [0.717, 1.165) is 17.0 Å². The van der Waals surface area contributed by atoms with Gasteiger partial charge >= 0.3 is 0 Å². The summed E-state index contributed by atoms with van der Waals surface area (Å²) in [4.78, 5) is 28.2. The van der Waals surface area contributed by atoms with Crippen LogP contribution < -0.4 is 11.1 Å². The molecular formula is C22H28N4O5S2. The fourth-order valence-corrected chi connectivity index (χ4v) is 7.23. The molecule has 0 spiro atoms. The van der Waals surface area contributed by atoms with Gasteiger partial charge in [-0.15, -0.1) is 11.3 Å². The van der Waals surface area contributed by atoms with Crippen LogP contribution in [0.2, 0.25) is 0 Å². The Kier molecular flexibility index (Phi) is 6.61. The van der Waals surface area contributed by atoms with Crippen molar-refractivity contribution in [2.24, 2.45) is 5.73 Å². The minimum absolute atomic E-state index is 0.118. The molecule has 1 saturated heterocycles. The lowest BCUT2D eigenvalue weighted by atomic mass is 10.0. The topological polar surface area (TPSA) is 122 Å². The first kappa shape index (κ1) is 23.8. The fourth-order valence-electron chi connectivity index (χ4n) is 4.31. The van der Waals surface area contributed by atoms with E-state index in [1.54, 1.807) is 0 Å². The van der Waals surface area contributed by atoms with Gasteiger partial charge in [0.05, 0.1) is 22.7 Å². The predicted molar refractivity (Wildman–Crippen MR) is 126 cm³/mol. The Bertz CT molecular complexity index is 1170. The molecule has 1 aromatic carbocycles. The van der Waals surface area contributed by atoms with Crippen LogP contribution in [0.4, 0.5) is 5.00 Å². The van der Waals surface area contributed by atoms with E-state index in [4.69, 9.17) is 10.5 Å². The minimum Gasteiger partial charge on any atom is -0.373 e. The number of nitrogens with two attached hydrogens (primary N) is 1. The van der Waals surface area contributed by atoms with Gasteiger partial charge in [0.2, 0.25) is 10.0 Å². The molecule has 0 unspecified atom stereocenters. The van der Waals surface area contributed by atoms with Crippen LogP contribution in [0.3, 0.4) is 0 Å². The molecule has 11 heteroatoms. The maximum absolute atomic E-state index is 13.0. The zero-order valence-electron chi connectivity index (χ0n) is 18.8. The lowest BCUT2D eigenvalue weighted by molar-refractivity contribution is -0.0440. The highest BCUT2D eigenvalue weighted by atomic mass is 32.2. The molecule has 2 amide bonds. The summed E-state index contributed by atoms with van der Waals surface area (Å²) in [5, 5.41) is 3.23. The molecule has 3 heterocycles. The van der Waals surface area contributed by atoms with Crippen molar-refractivity contribution in [2.75, 3.05) is 32.0 Å². The number of likely N-dealkylation sites (N-methyl/N-ethyl adjacent to an activating group) is 1. The third-order valence-electron chi connectivity index (χ3n) is 5.86. The number of hydrogen-bond acceptors (Lipinski definition) is 7. The van der Waals surface area contributed by atoms with Crippen molar-refractivity contribution in [3.63, 3.8) is 0 Å². The Balaban J connectivity index is 1.53. The number of carbonyl (C=O) groups excluding carboxylic acids is 2. The number of thiophene rings is 1. The average Bonchev–Trinajstić information content (AvgIpc) is 3.10. The van der Waals surface area contributed by atoms with Crippen molar-refractivity contribution in [3.8, 4) is 0 Å². The maximum atomic E-state index is 13.0. The van der Waals surface area contributed by atoms with E-state index >= 15 is 0 Å². The number of sulfonamides is 1. The number of fused-ring (bicyclic) bond motifs is 1. The highest BCUT2D eigenvalue weighted by Gasteiger charge is 2.32. The lowest BCUT2D eigenvalue weighted by Gasteiger charge is -2.34. The summed E-state index contributed by atoms with van der Waals surface area (Å²) in [6.07, 6.45) is 0.316. The van der Waals surface area contributed by atoms with Crippen LogP contribution in [-0.4, -0.2) is 68.3 Å². The van der Waals surface area contributed by atoms with Gasteiger partial charge in [0.1, 0.15) is 5.00 Å². The molecule has 0 saturated carbocycles. The highest BCUT2D eigenvalue weighted by molar-refractivity contribution is 7.89. The molecule has 1 fully saturated rings. The Hall–Kier alpha value is -2.31. The lowest BCUT2D eigenvalue weighted by Crippen LogP contribution is -2.48. The molecule has 2 aliphatic heterocycles. The summed E-state index contributed by atoms with van der Waals surface area (Å²) >= 11 is 1.35. The quantitative estimate of drug-likeness (QED) is 0.657. The first-order chi connectivity index (χ1) is 15.6. The molecule has 0 bridgehead atoms. The van der Waals surface area contributed by atoms with Gasteiger partial charge in [0.15, 0.2) is 0 Å². The second-order valence-electron chi connectivity index (χ2n) is 8.62. The molecule has 2 aromatic rings. The van der Waals surface area contributed by atoms with Crippen molar-refractivity contribution in [2.45, 2.75) is 43.9 Å².